The van der Waals surface area contributed by atoms with Gasteiger partial charge in [0.2, 0.25) is 5.95 Å². The summed E-state index contributed by atoms with van der Waals surface area (Å²) < 4.78 is 4.95. The van der Waals surface area contributed by atoms with E-state index in [1.807, 2.05) is 0 Å². The molecule has 1 aromatic rings. The number of rotatable bonds is 5. The Balaban J connectivity index is 1.92. The Morgan fingerprint density at radius 3 is 3.00 bits per heavy atom. The van der Waals surface area contributed by atoms with Crippen LogP contribution in [0.2, 0.25) is 0 Å². The van der Waals surface area contributed by atoms with Crippen LogP contribution in [0.3, 0.4) is 0 Å². The third kappa shape index (κ3) is 4.39. The summed E-state index contributed by atoms with van der Waals surface area (Å²) >= 11 is 0. The van der Waals surface area contributed by atoms with Crippen LogP contribution in [0.25, 0.3) is 0 Å². The number of aromatic nitrogens is 2. The molecule has 6 nitrogen and oxygen atoms in total. The second kappa shape index (κ2) is 7.36. The first-order valence-electron chi connectivity index (χ1n) is 7.52. The number of carbonyl (C=O) groups excluding carboxylic acids is 1. The fourth-order valence-corrected chi connectivity index (χ4v) is 2.65. The lowest BCUT2D eigenvalue weighted by molar-refractivity contribution is 0.0524. The van der Waals surface area contributed by atoms with Gasteiger partial charge in [0, 0.05) is 12.7 Å². The van der Waals surface area contributed by atoms with Crippen molar-refractivity contribution in [1.82, 2.24) is 9.97 Å². The fraction of sp³-hybridized carbons (Fsp3) is 0.667. The van der Waals surface area contributed by atoms with E-state index in [0.717, 1.165) is 32.2 Å². The number of ether oxygens (including phenoxy) is 1. The van der Waals surface area contributed by atoms with Gasteiger partial charge in [-0.1, -0.05) is 6.42 Å². The highest BCUT2D eigenvalue weighted by Gasteiger charge is 2.20. The molecule has 0 radical (unpaired) electrons. The van der Waals surface area contributed by atoms with Crippen molar-refractivity contribution in [2.24, 2.45) is 5.92 Å². The van der Waals surface area contributed by atoms with Gasteiger partial charge in [0.05, 0.1) is 24.0 Å². The quantitative estimate of drug-likeness (QED) is 0.807. The Morgan fingerprint density at radius 2 is 2.33 bits per heavy atom. The molecule has 6 heteroatoms. The highest BCUT2D eigenvalue weighted by atomic mass is 16.5. The second-order valence-electron chi connectivity index (χ2n) is 5.48. The van der Waals surface area contributed by atoms with Crippen molar-refractivity contribution in [3.8, 4) is 0 Å². The SMILES string of the molecule is CCOC(=O)c1cnc(NCC2CCCC(O)C2)nc1C. The summed E-state index contributed by atoms with van der Waals surface area (Å²) in [5.41, 5.74) is 1.00. The molecule has 2 N–H and O–H groups in total. The highest BCUT2D eigenvalue weighted by Crippen LogP contribution is 2.24. The Kier molecular flexibility index (Phi) is 5.50. The molecule has 1 heterocycles. The number of hydrogen-bond donors (Lipinski definition) is 2. The lowest BCUT2D eigenvalue weighted by atomic mass is 9.87. The molecule has 1 aromatic heterocycles. The molecular weight excluding hydrogens is 270 g/mol. The van der Waals surface area contributed by atoms with Crippen LogP contribution in [0, 0.1) is 12.8 Å². The van der Waals surface area contributed by atoms with Crippen LogP contribution in [0.4, 0.5) is 5.95 Å². The number of aliphatic hydroxyl groups is 1. The molecule has 116 valence electrons. The first kappa shape index (κ1) is 15.7. The molecule has 1 saturated carbocycles. The molecule has 0 amide bonds. The van der Waals surface area contributed by atoms with Gasteiger partial charge in [-0.3, -0.25) is 0 Å². The van der Waals surface area contributed by atoms with Crippen molar-refractivity contribution in [3.05, 3.63) is 17.5 Å². The van der Waals surface area contributed by atoms with E-state index in [0.29, 0.717) is 29.7 Å². The number of nitrogens with zero attached hydrogens (tertiary/aromatic N) is 2. The number of aliphatic hydroxyl groups excluding tert-OH is 1. The molecule has 0 aliphatic heterocycles. The maximum atomic E-state index is 11.7. The molecule has 0 spiro atoms. The van der Waals surface area contributed by atoms with Crippen LogP contribution >= 0.6 is 0 Å². The minimum absolute atomic E-state index is 0.181. The Morgan fingerprint density at radius 1 is 1.52 bits per heavy atom. The van der Waals surface area contributed by atoms with E-state index in [1.165, 1.54) is 6.20 Å². The average Bonchev–Trinajstić information content (AvgIpc) is 2.45. The van der Waals surface area contributed by atoms with Crippen LogP contribution in [0.5, 0.6) is 0 Å². The predicted octanol–water partition coefficient (Wildman–Crippen LogP) is 1.92. The number of nitrogens with one attached hydrogen (secondary N) is 1. The third-order valence-corrected chi connectivity index (χ3v) is 3.78. The standard InChI is InChI=1S/C15H23N3O3/c1-3-21-14(20)13-9-17-15(18-10(13)2)16-8-11-5-4-6-12(19)7-11/h9,11-12,19H,3-8H2,1-2H3,(H,16,17,18). The minimum atomic E-state index is -0.392. The van der Waals surface area contributed by atoms with E-state index in [2.05, 4.69) is 15.3 Å². The van der Waals surface area contributed by atoms with Gasteiger partial charge in [-0.2, -0.15) is 0 Å². The zero-order chi connectivity index (χ0) is 15.2. The number of anilines is 1. The maximum Gasteiger partial charge on any atom is 0.341 e. The van der Waals surface area contributed by atoms with Gasteiger partial charge in [0.1, 0.15) is 0 Å². The largest absolute Gasteiger partial charge is 0.462 e. The van der Waals surface area contributed by atoms with Crippen LogP contribution in [-0.4, -0.2) is 40.3 Å². The van der Waals surface area contributed by atoms with Crippen molar-refractivity contribution in [3.63, 3.8) is 0 Å². The number of esters is 1. The van der Waals surface area contributed by atoms with E-state index >= 15 is 0 Å². The molecule has 21 heavy (non-hydrogen) atoms. The van der Waals surface area contributed by atoms with Gasteiger partial charge >= 0.3 is 5.97 Å². The minimum Gasteiger partial charge on any atom is -0.462 e. The average molecular weight is 293 g/mol. The molecule has 0 bridgehead atoms. The molecule has 2 rings (SSSR count). The molecule has 1 aliphatic rings. The normalized spacial score (nSPS) is 21.9. The summed E-state index contributed by atoms with van der Waals surface area (Å²) in [6, 6.07) is 0. The first-order chi connectivity index (χ1) is 10.1. The first-order valence-corrected chi connectivity index (χ1v) is 7.52. The van der Waals surface area contributed by atoms with E-state index in [9.17, 15) is 9.90 Å². The van der Waals surface area contributed by atoms with Crippen molar-refractivity contribution in [2.75, 3.05) is 18.5 Å². The second-order valence-corrected chi connectivity index (χ2v) is 5.48. The van der Waals surface area contributed by atoms with Gasteiger partial charge < -0.3 is 15.2 Å². The third-order valence-electron chi connectivity index (χ3n) is 3.78. The molecule has 0 saturated heterocycles. The summed E-state index contributed by atoms with van der Waals surface area (Å²) in [6.45, 7) is 4.61. The van der Waals surface area contributed by atoms with Gasteiger partial charge in [0.15, 0.2) is 0 Å². The molecular formula is C15H23N3O3. The number of carbonyl (C=O) groups is 1. The topological polar surface area (TPSA) is 84.3 Å². The van der Waals surface area contributed by atoms with E-state index in [-0.39, 0.29) is 6.10 Å². The van der Waals surface area contributed by atoms with E-state index < -0.39 is 5.97 Å². The van der Waals surface area contributed by atoms with E-state index in [4.69, 9.17) is 4.74 Å². The van der Waals surface area contributed by atoms with Gasteiger partial charge in [0.25, 0.3) is 0 Å². The van der Waals surface area contributed by atoms with Crippen LogP contribution in [-0.2, 0) is 4.74 Å². The van der Waals surface area contributed by atoms with Gasteiger partial charge in [-0.05, 0) is 39.0 Å². The van der Waals surface area contributed by atoms with Crippen molar-refractivity contribution in [1.29, 1.82) is 0 Å². The van der Waals surface area contributed by atoms with Crippen LogP contribution < -0.4 is 5.32 Å². The smallest absolute Gasteiger partial charge is 0.341 e. The summed E-state index contributed by atoms with van der Waals surface area (Å²) in [4.78, 5) is 20.1. The van der Waals surface area contributed by atoms with Crippen LogP contribution in [0.1, 0.15) is 48.7 Å². The van der Waals surface area contributed by atoms with Crippen LogP contribution in [0.15, 0.2) is 6.20 Å². The molecule has 2 atom stereocenters. The Bertz CT molecular complexity index is 493. The fourth-order valence-electron chi connectivity index (χ4n) is 2.65. The summed E-state index contributed by atoms with van der Waals surface area (Å²) in [7, 11) is 0. The molecule has 1 aliphatic carbocycles. The Labute approximate surface area is 124 Å². The summed E-state index contributed by atoms with van der Waals surface area (Å²) in [5.74, 6) is 0.569. The zero-order valence-corrected chi connectivity index (χ0v) is 12.6. The number of aryl methyl sites for hydroxylation is 1. The van der Waals surface area contributed by atoms with Crippen molar-refractivity contribution >= 4 is 11.9 Å². The molecule has 0 aromatic carbocycles. The van der Waals surface area contributed by atoms with E-state index in [1.54, 1.807) is 13.8 Å². The Hall–Kier alpha value is -1.69. The lowest BCUT2D eigenvalue weighted by Gasteiger charge is -2.25. The van der Waals surface area contributed by atoms with Crippen molar-refractivity contribution in [2.45, 2.75) is 45.6 Å². The maximum absolute atomic E-state index is 11.7. The van der Waals surface area contributed by atoms with Crippen molar-refractivity contribution < 1.29 is 14.6 Å². The lowest BCUT2D eigenvalue weighted by Crippen LogP contribution is -2.25. The molecule has 2 unspecified atom stereocenters. The van der Waals surface area contributed by atoms with Gasteiger partial charge in [-0.25, -0.2) is 14.8 Å². The van der Waals surface area contributed by atoms with Gasteiger partial charge in [-0.15, -0.1) is 0 Å². The summed E-state index contributed by atoms with van der Waals surface area (Å²) in [6.07, 6.45) is 5.23. The summed E-state index contributed by atoms with van der Waals surface area (Å²) in [5, 5.41) is 12.8. The molecule has 1 fully saturated rings. The highest BCUT2D eigenvalue weighted by molar-refractivity contribution is 5.90. The predicted molar refractivity (Wildman–Crippen MR) is 79.2 cm³/mol. The zero-order valence-electron chi connectivity index (χ0n) is 12.6. The number of hydrogen-bond acceptors (Lipinski definition) is 6. The monoisotopic (exact) mass is 293 g/mol.